The molecule has 2 aliphatic carbocycles. The number of aliphatic hydroxyl groups excluding tert-OH is 1. The first-order valence-electron chi connectivity index (χ1n) is 11.7. The molecule has 3 aliphatic rings. The van der Waals surface area contributed by atoms with E-state index in [1.165, 1.54) is 35.3 Å². The van der Waals surface area contributed by atoms with Crippen LogP contribution < -0.4 is 4.74 Å². The topological polar surface area (TPSA) is 88.9 Å². The van der Waals surface area contributed by atoms with Crippen molar-refractivity contribution in [1.29, 1.82) is 0 Å². The van der Waals surface area contributed by atoms with E-state index in [1.54, 1.807) is 5.38 Å². The summed E-state index contributed by atoms with van der Waals surface area (Å²) in [7, 11) is 0. The lowest BCUT2D eigenvalue weighted by Gasteiger charge is -2.40. The van der Waals surface area contributed by atoms with Crippen LogP contribution in [0.5, 0.6) is 5.75 Å². The van der Waals surface area contributed by atoms with E-state index in [9.17, 15) is 15.0 Å². The zero-order chi connectivity index (χ0) is 22.5. The van der Waals surface area contributed by atoms with Gasteiger partial charge in [0.2, 0.25) is 0 Å². The van der Waals surface area contributed by atoms with Gasteiger partial charge in [0.1, 0.15) is 16.4 Å². The maximum absolute atomic E-state index is 11.2. The van der Waals surface area contributed by atoms with Crippen molar-refractivity contribution in [3.05, 3.63) is 45.4 Å². The molecule has 2 N–H and O–H groups in total. The summed E-state index contributed by atoms with van der Waals surface area (Å²) < 4.78 is 12.7. The predicted molar refractivity (Wildman–Crippen MR) is 121 cm³/mol. The van der Waals surface area contributed by atoms with Gasteiger partial charge in [0, 0.05) is 17.7 Å². The zero-order valence-corrected chi connectivity index (χ0v) is 19.4. The fourth-order valence-electron chi connectivity index (χ4n) is 5.48. The van der Waals surface area contributed by atoms with Crippen LogP contribution in [0.25, 0.3) is 0 Å². The minimum Gasteiger partial charge on any atom is -0.493 e. The highest BCUT2D eigenvalue weighted by atomic mass is 32.1. The molecule has 1 saturated heterocycles. The molecule has 1 aliphatic heterocycles. The molecule has 0 spiro atoms. The van der Waals surface area contributed by atoms with Gasteiger partial charge in [-0.25, -0.2) is 9.78 Å². The highest BCUT2D eigenvalue weighted by Crippen LogP contribution is 2.49. The second-order valence-electron chi connectivity index (χ2n) is 9.70. The molecule has 0 unspecified atom stereocenters. The molecule has 0 bridgehead atoms. The third-order valence-electron chi connectivity index (χ3n) is 7.50. The summed E-state index contributed by atoms with van der Waals surface area (Å²) in [5.74, 6) is 0.827. The van der Waals surface area contributed by atoms with Crippen LogP contribution in [0.15, 0.2) is 23.6 Å². The van der Waals surface area contributed by atoms with Crippen LogP contribution >= 0.6 is 11.3 Å². The van der Waals surface area contributed by atoms with Gasteiger partial charge < -0.3 is 19.7 Å². The van der Waals surface area contributed by atoms with E-state index < -0.39 is 17.7 Å². The molecule has 2 saturated carbocycles. The molecule has 5 atom stereocenters. The van der Waals surface area contributed by atoms with Crippen LogP contribution in [0.4, 0.5) is 0 Å². The molecule has 1 aromatic heterocycles. The van der Waals surface area contributed by atoms with Crippen molar-refractivity contribution < 1.29 is 24.5 Å². The number of hydrogen-bond acceptors (Lipinski definition) is 6. The van der Waals surface area contributed by atoms with Gasteiger partial charge in [0.25, 0.3) is 0 Å². The Kier molecular flexibility index (Phi) is 5.76. The fourth-order valence-corrected chi connectivity index (χ4v) is 6.41. The van der Waals surface area contributed by atoms with Gasteiger partial charge in [0.05, 0.1) is 18.8 Å². The summed E-state index contributed by atoms with van der Waals surface area (Å²) in [6, 6.07) is 6.44. The van der Waals surface area contributed by atoms with Gasteiger partial charge in [-0.1, -0.05) is 13.0 Å². The van der Waals surface area contributed by atoms with E-state index in [4.69, 9.17) is 9.47 Å². The van der Waals surface area contributed by atoms with E-state index in [2.05, 4.69) is 30.1 Å². The van der Waals surface area contributed by atoms with Crippen molar-refractivity contribution in [2.45, 2.75) is 76.1 Å². The Morgan fingerprint density at radius 3 is 2.84 bits per heavy atom. The quantitative estimate of drug-likeness (QED) is 0.624. The Morgan fingerprint density at radius 2 is 2.16 bits per heavy atom. The van der Waals surface area contributed by atoms with Crippen LogP contribution in [0.2, 0.25) is 0 Å². The first kappa shape index (κ1) is 21.9. The number of aromatic carboxylic acids is 1. The second-order valence-corrected chi connectivity index (χ2v) is 10.6. The average Bonchev–Trinajstić information content (AvgIpc) is 3.40. The number of aliphatic hydroxyl groups is 1. The summed E-state index contributed by atoms with van der Waals surface area (Å²) in [6.45, 7) is 4.67. The lowest BCUT2D eigenvalue weighted by atomic mass is 9.83. The van der Waals surface area contributed by atoms with Crippen LogP contribution in [-0.4, -0.2) is 40.0 Å². The number of ether oxygens (including phenoxy) is 2. The SMILES string of the molecule is CCc1ccc(OC[C@@H]2[C@H]3CC[C@](C)(c4nc(C(=O)O)cs4)O[C@H]3C[C@@H]2O)cc1C1CC1. The summed E-state index contributed by atoms with van der Waals surface area (Å²) in [6.07, 6.45) is 5.27. The van der Waals surface area contributed by atoms with Crippen molar-refractivity contribution in [2.75, 3.05) is 6.61 Å². The van der Waals surface area contributed by atoms with Gasteiger partial charge >= 0.3 is 5.97 Å². The Labute approximate surface area is 192 Å². The molecule has 2 aromatic rings. The van der Waals surface area contributed by atoms with Crippen LogP contribution in [0.3, 0.4) is 0 Å². The highest BCUT2D eigenvalue weighted by molar-refractivity contribution is 7.10. The number of carbonyl (C=O) groups is 1. The van der Waals surface area contributed by atoms with Crippen molar-refractivity contribution in [3.63, 3.8) is 0 Å². The van der Waals surface area contributed by atoms with Crippen LogP contribution in [-0.2, 0) is 16.8 Å². The molecule has 2 heterocycles. The smallest absolute Gasteiger partial charge is 0.355 e. The third-order valence-corrected chi connectivity index (χ3v) is 8.58. The fraction of sp³-hybridized carbons (Fsp3) is 0.600. The van der Waals surface area contributed by atoms with Crippen molar-refractivity contribution in [3.8, 4) is 5.75 Å². The minimum atomic E-state index is -1.02. The average molecular weight is 458 g/mol. The summed E-state index contributed by atoms with van der Waals surface area (Å²) in [5, 5.41) is 22.3. The predicted octanol–water partition coefficient (Wildman–Crippen LogP) is 4.75. The molecule has 7 heteroatoms. The Morgan fingerprint density at radius 1 is 1.34 bits per heavy atom. The summed E-state index contributed by atoms with van der Waals surface area (Å²) >= 11 is 1.33. The Balaban J connectivity index is 1.25. The Bertz CT molecular complexity index is 1000. The first-order valence-corrected chi connectivity index (χ1v) is 12.6. The lowest BCUT2D eigenvalue weighted by Crippen LogP contribution is -2.41. The number of aryl methyl sites for hydroxylation is 1. The monoisotopic (exact) mass is 457 g/mol. The molecule has 0 amide bonds. The normalized spacial score (nSPS) is 32.0. The van der Waals surface area contributed by atoms with Gasteiger partial charge in [0.15, 0.2) is 5.69 Å². The van der Waals surface area contributed by atoms with E-state index in [-0.39, 0.29) is 23.6 Å². The molecular formula is C25H31NO5S. The number of carboxylic acid groups (broad SMARTS) is 1. The van der Waals surface area contributed by atoms with Crippen molar-refractivity contribution >= 4 is 17.3 Å². The number of nitrogens with zero attached hydrogens (tertiary/aromatic N) is 1. The maximum Gasteiger partial charge on any atom is 0.355 e. The van der Waals surface area contributed by atoms with E-state index in [0.717, 1.165) is 25.0 Å². The third kappa shape index (κ3) is 4.06. The van der Waals surface area contributed by atoms with Crippen molar-refractivity contribution in [2.24, 2.45) is 11.8 Å². The lowest BCUT2D eigenvalue weighted by molar-refractivity contribution is -0.145. The number of benzene rings is 1. The van der Waals surface area contributed by atoms with Gasteiger partial charge in [-0.05, 0) is 74.1 Å². The van der Waals surface area contributed by atoms with E-state index >= 15 is 0 Å². The number of rotatable bonds is 7. The number of fused-ring (bicyclic) bond motifs is 1. The van der Waals surface area contributed by atoms with Crippen molar-refractivity contribution in [1.82, 2.24) is 4.98 Å². The summed E-state index contributed by atoms with van der Waals surface area (Å²) in [5.41, 5.74) is 2.30. The number of carboxylic acids is 1. The van der Waals surface area contributed by atoms with Gasteiger partial charge in [-0.2, -0.15) is 0 Å². The van der Waals surface area contributed by atoms with Crippen LogP contribution in [0.1, 0.15) is 78.5 Å². The molecular weight excluding hydrogens is 426 g/mol. The first-order chi connectivity index (χ1) is 15.4. The second kappa shape index (κ2) is 8.43. The highest BCUT2D eigenvalue weighted by Gasteiger charge is 2.51. The van der Waals surface area contributed by atoms with E-state index in [1.807, 2.05) is 6.92 Å². The number of hydrogen-bond donors (Lipinski definition) is 2. The molecule has 0 radical (unpaired) electrons. The minimum absolute atomic E-state index is 0.0330. The summed E-state index contributed by atoms with van der Waals surface area (Å²) in [4.78, 5) is 15.5. The Hall–Kier alpha value is -1.96. The molecule has 3 fully saturated rings. The number of thiazole rings is 1. The van der Waals surface area contributed by atoms with E-state index in [0.29, 0.717) is 24.0 Å². The molecule has 32 heavy (non-hydrogen) atoms. The van der Waals surface area contributed by atoms with Gasteiger partial charge in [-0.15, -0.1) is 11.3 Å². The largest absolute Gasteiger partial charge is 0.493 e. The molecule has 6 nitrogen and oxygen atoms in total. The molecule has 172 valence electrons. The zero-order valence-electron chi connectivity index (χ0n) is 18.6. The maximum atomic E-state index is 11.2. The van der Waals surface area contributed by atoms with Gasteiger partial charge in [-0.3, -0.25) is 0 Å². The molecule has 1 aromatic carbocycles. The van der Waals surface area contributed by atoms with Crippen LogP contribution in [0, 0.1) is 11.8 Å². The number of aromatic nitrogens is 1. The molecule has 5 rings (SSSR count). The standard InChI is InChI=1S/C25H31NO5S/c1-3-14-6-7-16(10-18(14)15-4-5-15)30-12-19-17-8-9-25(2,31-22(17)11-21(19)27)24-26-20(13-32-24)23(28)29/h6-7,10,13,15,17,19,21-22,27H,3-5,8-9,11-12H2,1-2H3,(H,28,29)/t17-,19-,21+,22+,25-/m1/s1.